The lowest BCUT2D eigenvalue weighted by Gasteiger charge is -2.32. The maximum Gasteiger partial charge on any atom is 0.131 e. The highest BCUT2D eigenvalue weighted by Gasteiger charge is 2.23. The van der Waals surface area contributed by atoms with Crippen molar-refractivity contribution in [1.29, 1.82) is 0 Å². The molecule has 2 aliphatic rings. The molecule has 2 fully saturated rings. The smallest absolute Gasteiger partial charge is 0.131 e. The summed E-state index contributed by atoms with van der Waals surface area (Å²) < 4.78 is 19.9. The van der Waals surface area contributed by atoms with Gasteiger partial charge in [0.1, 0.15) is 11.6 Å². The number of benzene rings is 1. The van der Waals surface area contributed by atoms with E-state index in [4.69, 9.17) is 16.3 Å². The topological polar surface area (TPSA) is 58.2 Å². The van der Waals surface area contributed by atoms with Gasteiger partial charge in [-0.15, -0.1) is 0 Å². The van der Waals surface area contributed by atoms with Gasteiger partial charge in [-0.2, -0.15) is 0 Å². The zero-order valence-corrected chi connectivity index (χ0v) is 19.7. The van der Waals surface area contributed by atoms with Crippen LogP contribution in [0, 0.1) is 11.7 Å². The Bertz CT molecular complexity index is 900. The van der Waals surface area contributed by atoms with Gasteiger partial charge in [0.25, 0.3) is 0 Å². The molecule has 1 heterocycles. The van der Waals surface area contributed by atoms with E-state index >= 15 is 0 Å². The Morgan fingerprint density at radius 2 is 1.84 bits per heavy atom. The summed E-state index contributed by atoms with van der Waals surface area (Å²) in [4.78, 5) is 4.46. The van der Waals surface area contributed by atoms with Crippen molar-refractivity contribution in [2.24, 2.45) is 5.92 Å². The van der Waals surface area contributed by atoms with Crippen LogP contribution in [0.4, 0.5) is 15.9 Å². The number of aromatic nitrogens is 1. The van der Waals surface area contributed by atoms with E-state index in [0.717, 1.165) is 56.3 Å². The number of pyridine rings is 1. The number of methoxy groups -OCH3 is 1. The van der Waals surface area contributed by atoms with Crippen LogP contribution in [-0.2, 0) is 4.74 Å². The lowest BCUT2D eigenvalue weighted by atomic mass is 9.90. The molecule has 0 aliphatic heterocycles. The SMILES string of the molecule is COC[C@@H](C)N[C@H]1CC[C@H](Nc2cc(-c3cc(NCC4CC4)ccc3F)c(Cl)cn2)CC1. The maximum atomic E-state index is 14.7. The van der Waals surface area contributed by atoms with E-state index in [-0.39, 0.29) is 5.82 Å². The minimum atomic E-state index is -0.280. The van der Waals surface area contributed by atoms with Gasteiger partial charge in [0.15, 0.2) is 0 Å². The number of nitrogens with zero attached hydrogens (tertiary/aromatic N) is 1. The van der Waals surface area contributed by atoms with Crippen molar-refractivity contribution in [1.82, 2.24) is 10.3 Å². The van der Waals surface area contributed by atoms with Crippen molar-refractivity contribution in [2.45, 2.75) is 63.6 Å². The second kappa shape index (κ2) is 10.8. The number of halogens is 2. The van der Waals surface area contributed by atoms with E-state index < -0.39 is 0 Å². The van der Waals surface area contributed by atoms with Crippen molar-refractivity contribution in [2.75, 3.05) is 30.9 Å². The van der Waals surface area contributed by atoms with Gasteiger partial charge in [0.05, 0.1) is 11.6 Å². The van der Waals surface area contributed by atoms with Crippen LogP contribution in [0.25, 0.3) is 11.1 Å². The van der Waals surface area contributed by atoms with Gasteiger partial charge in [0.2, 0.25) is 0 Å². The van der Waals surface area contributed by atoms with Crippen LogP contribution in [0.15, 0.2) is 30.5 Å². The van der Waals surface area contributed by atoms with E-state index in [2.05, 4.69) is 27.9 Å². The molecular formula is C25H34ClFN4O. The molecule has 0 saturated heterocycles. The highest BCUT2D eigenvalue weighted by molar-refractivity contribution is 6.33. The Morgan fingerprint density at radius 3 is 2.56 bits per heavy atom. The van der Waals surface area contributed by atoms with Gasteiger partial charge in [-0.1, -0.05) is 11.6 Å². The van der Waals surface area contributed by atoms with Crippen LogP contribution in [0.3, 0.4) is 0 Å². The quantitative estimate of drug-likeness (QED) is 0.424. The van der Waals surface area contributed by atoms with Gasteiger partial charge in [0, 0.05) is 54.8 Å². The zero-order valence-electron chi connectivity index (χ0n) is 19.0. The van der Waals surface area contributed by atoms with Crippen molar-refractivity contribution < 1.29 is 9.13 Å². The fourth-order valence-electron chi connectivity index (χ4n) is 4.46. The summed E-state index contributed by atoms with van der Waals surface area (Å²) in [5.74, 6) is 1.21. The number of ether oxygens (including phenoxy) is 1. The predicted octanol–water partition coefficient (Wildman–Crippen LogP) is 5.71. The molecule has 5 nitrogen and oxygen atoms in total. The summed E-state index contributed by atoms with van der Waals surface area (Å²) in [5, 5.41) is 11.0. The van der Waals surface area contributed by atoms with Crippen LogP contribution >= 0.6 is 11.6 Å². The molecule has 0 amide bonds. The third-order valence-corrected chi connectivity index (χ3v) is 6.72. The van der Waals surface area contributed by atoms with Gasteiger partial charge in [-0.3, -0.25) is 0 Å². The second-order valence-corrected chi connectivity index (χ2v) is 9.69. The first kappa shape index (κ1) is 23.3. The first-order chi connectivity index (χ1) is 15.5. The van der Waals surface area contributed by atoms with Crippen molar-refractivity contribution in [3.63, 3.8) is 0 Å². The summed E-state index contributed by atoms with van der Waals surface area (Å²) in [6.45, 7) is 3.82. The monoisotopic (exact) mass is 460 g/mol. The number of anilines is 2. The van der Waals surface area contributed by atoms with E-state index in [0.29, 0.717) is 34.3 Å². The van der Waals surface area contributed by atoms with E-state index in [9.17, 15) is 4.39 Å². The fourth-order valence-corrected chi connectivity index (χ4v) is 4.67. The Hall–Kier alpha value is -1.89. The molecule has 2 aromatic rings. The molecule has 2 aliphatic carbocycles. The van der Waals surface area contributed by atoms with E-state index in [1.54, 1.807) is 19.4 Å². The van der Waals surface area contributed by atoms with Crippen LogP contribution in [0.1, 0.15) is 45.4 Å². The first-order valence-corrected chi connectivity index (χ1v) is 12.1. The molecule has 0 unspecified atom stereocenters. The molecule has 1 aromatic heterocycles. The Kier molecular flexibility index (Phi) is 7.87. The average Bonchev–Trinajstić information content (AvgIpc) is 3.61. The third kappa shape index (κ3) is 6.33. The van der Waals surface area contributed by atoms with E-state index in [1.807, 2.05) is 12.1 Å². The molecule has 32 heavy (non-hydrogen) atoms. The molecule has 0 bridgehead atoms. The molecule has 0 radical (unpaired) electrons. The fraction of sp³-hybridized carbons (Fsp3) is 0.560. The van der Waals surface area contributed by atoms with Crippen molar-refractivity contribution in [3.05, 3.63) is 41.3 Å². The molecule has 1 aromatic carbocycles. The lowest BCUT2D eigenvalue weighted by Crippen LogP contribution is -2.42. The molecule has 3 N–H and O–H groups in total. The summed E-state index contributed by atoms with van der Waals surface area (Å²) in [6, 6.07) is 8.25. The number of nitrogens with one attached hydrogen (secondary N) is 3. The Balaban J connectivity index is 1.39. The summed E-state index contributed by atoms with van der Waals surface area (Å²) in [6.07, 6.45) is 8.50. The molecule has 174 valence electrons. The molecular weight excluding hydrogens is 427 g/mol. The molecule has 4 rings (SSSR count). The highest BCUT2D eigenvalue weighted by Crippen LogP contribution is 2.34. The van der Waals surface area contributed by atoms with Gasteiger partial charge >= 0.3 is 0 Å². The zero-order chi connectivity index (χ0) is 22.5. The van der Waals surface area contributed by atoms with E-state index in [1.165, 1.54) is 18.9 Å². The van der Waals surface area contributed by atoms with Crippen LogP contribution < -0.4 is 16.0 Å². The summed E-state index contributed by atoms with van der Waals surface area (Å²) in [5.41, 5.74) is 2.09. The van der Waals surface area contributed by atoms with Crippen LogP contribution in [0.2, 0.25) is 5.02 Å². The predicted molar refractivity (Wildman–Crippen MR) is 130 cm³/mol. The van der Waals surface area contributed by atoms with Crippen LogP contribution in [0.5, 0.6) is 0 Å². The molecule has 7 heteroatoms. The number of rotatable bonds is 10. The number of hydrogen-bond donors (Lipinski definition) is 3. The number of hydrogen-bond acceptors (Lipinski definition) is 5. The minimum Gasteiger partial charge on any atom is -0.385 e. The standard InChI is InChI=1S/C25H34ClFN4O/c1-16(15-32-2)30-18-5-7-19(8-6-18)31-25-12-21(23(26)14-29-25)22-11-20(9-10-24(22)27)28-13-17-3-4-17/h9-12,14,16-19,28,30H,3-8,13,15H2,1-2H3,(H,29,31)/t16-,18-,19-/m1/s1. The summed E-state index contributed by atoms with van der Waals surface area (Å²) in [7, 11) is 1.74. The summed E-state index contributed by atoms with van der Waals surface area (Å²) >= 11 is 6.43. The Morgan fingerprint density at radius 1 is 1.09 bits per heavy atom. The third-order valence-electron chi connectivity index (χ3n) is 6.42. The van der Waals surface area contributed by atoms with Crippen molar-refractivity contribution in [3.8, 4) is 11.1 Å². The lowest BCUT2D eigenvalue weighted by molar-refractivity contribution is 0.161. The first-order valence-electron chi connectivity index (χ1n) is 11.7. The molecule has 2 saturated carbocycles. The van der Waals surface area contributed by atoms with Gasteiger partial charge in [-0.05, 0) is 75.6 Å². The maximum absolute atomic E-state index is 14.7. The van der Waals surface area contributed by atoms with Gasteiger partial charge < -0.3 is 20.7 Å². The largest absolute Gasteiger partial charge is 0.385 e. The van der Waals surface area contributed by atoms with Crippen molar-refractivity contribution >= 4 is 23.1 Å². The second-order valence-electron chi connectivity index (χ2n) is 9.28. The van der Waals surface area contributed by atoms with Crippen LogP contribution in [-0.4, -0.2) is 43.4 Å². The minimum absolute atomic E-state index is 0.280. The average molecular weight is 461 g/mol. The molecule has 0 spiro atoms. The highest BCUT2D eigenvalue weighted by atomic mass is 35.5. The van der Waals surface area contributed by atoms with Gasteiger partial charge in [-0.25, -0.2) is 9.37 Å². The Labute approximate surface area is 195 Å². The molecule has 1 atom stereocenters. The normalized spacial score (nSPS) is 21.9.